The SMILES string of the molecule is CCc1ncncc1C(=O)NCCNc1ncccc1C#N. The van der Waals surface area contributed by atoms with Gasteiger partial charge in [-0.1, -0.05) is 6.92 Å². The Morgan fingerprint density at radius 3 is 3.00 bits per heavy atom. The van der Waals surface area contributed by atoms with Crippen molar-refractivity contribution in [2.75, 3.05) is 18.4 Å². The van der Waals surface area contributed by atoms with Gasteiger partial charge >= 0.3 is 0 Å². The van der Waals surface area contributed by atoms with Gasteiger partial charge in [-0.25, -0.2) is 15.0 Å². The van der Waals surface area contributed by atoms with Gasteiger partial charge in [0.1, 0.15) is 18.2 Å². The van der Waals surface area contributed by atoms with E-state index in [1.54, 1.807) is 18.3 Å². The summed E-state index contributed by atoms with van der Waals surface area (Å²) in [5.41, 5.74) is 1.68. The highest BCUT2D eigenvalue weighted by atomic mass is 16.1. The molecule has 1 amide bonds. The van der Waals surface area contributed by atoms with Crippen molar-refractivity contribution in [1.82, 2.24) is 20.3 Å². The lowest BCUT2D eigenvalue weighted by Gasteiger charge is -2.09. The molecule has 0 bridgehead atoms. The van der Waals surface area contributed by atoms with Crippen LogP contribution in [0.5, 0.6) is 0 Å². The molecular weight excluding hydrogens is 280 g/mol. The number of anilines is 1. The van der Waals surface area contributed by atoms with E-state index in [0.29, 0.717) is 36.5 Å². The second-order valence-electron chi connectivity index (χ2n) is 4.43. The summed E-state index contributed by atoms with van der Waals surface area (Å²) < 4.78 is 0. The summed E-state index contributed by atoms with van der Waals surface area (Å²) in [7, 11) is 0. The molecule has 0 atom stereocenters. The molecule has 0 spiro atoms. The fourth-order valence-electron chi connectivity index (χ4n) is 1.91. The molecule has 0 aromatic carbocycles. The second-order valence-corrected chi connectivity index (χ2v) is 4.43. The van der Waals surface area contributed by atoms with Crippen LogP contribution in [0.15, 0.2) is 30.9 Å². The molecule has 2 heterocycles. The van der Waals surface area contributed by atoms with Gasteiger partial charge in [0.25, 0.3) is 5.91 Å². The predicted octanol–water partition coefficient (Wildman–Crippen LogP) is 1.15. The van der Waals surface area contributed by atoms with Gasteiger partial charge in [-0.05, 0) is 18.6 Å². The summed E-state index contributed by atoms with van der Waals surface area (Å²) in [4.78, 5) is 24.1. The Labute approximate surface area is 128 Å². The molecule has 2 aromatic heterocycles. The summed E-state index contributed by atoms with van der Waals surface area (Å²) in [5.74, 6) is 0.303. The lowest BCUT2D eigenvalue weighted by molar-refractivity contribution is 0.0953. The summed E-state index contributed by atoms with van der Waals surface area (Å²) >= 11 is 0. The minimum atomic E-state index is -0.208. The van der Waals surface area contributed by atoms with Gasteiger partial charge in [-0.15, -0.1) is 0 Å². The van der Waals surface area contributed by atoms with E-state index in [1.807, 2.05) is 6.92 Å². The van der Waals surface area contributed by atoms with Crippen LogP contribution < -0.4 is 10.6 Å². The average Bonchev–Trinajstić information content (AvgIpc) is 2.58. The zero-order valence-electron chi connectivity index (χ0n) is 12.2. The monoisotopic (exact) mass is 296 g/mol. The maximum absolute atomic E-state index is 12.1. The van der Waals surface area contributed by atoms with E-state index >= 15 is 0 Å². The Balaban J connectivity index is 1.86. The average molecular weight is 296 g/mol. The number of amides is 1. The van der Waals surface area contributed by atoms with Crippen molar-refractivity contribution >= 4 is 11.7 Å². The topological polar surface area (TPSA) is 104 Å². The molecule has 2 aromatic rings. The zero-order chi connectivity index (χ0) is 15.8. The third-order valence-electron chi connectivity index (χ3n) is 3.01. The largest absolute Gasteiger partial charge is 0.367 e. The van der Waals surface area contributed by atoms with Crippen LogP contribution in [0.2, 0.25) is 0 Å². The van der Waals surface area contributed by atoms with Crippen LogP contribution in [0.1, 0.15) is 28.5 Å². The van der Waals surface area contributed by atoms with E-state index in [0.717, 1.165) is 5.69 Å². The minimum Gasteiger partial charge on any atom is -0.367 e. The lowest BCUT2D eigenvalue weighted by atomic mass is 10.2. The number of pyridine rings is 1. The van der Waals surface area contributed by atoms with Crippen molar-refractivity contribution in [1.29, 1.82) is 5.26 Å². The van der Waals surface area contributed by atoms with Crippen molar-refractivity contribution in [2.24, 2.45) is 0 Å². The summed E-state index contributed by atoms with van der Waals surface area (Å²) in [6, 6.07) is 5.44. The smallest absolute Gasteiger partial charge is 0.254 e. The number of nitrogens with zero attached hydrogens (tertiary/aromatic N) is 4. The van der Waals surface area contributed by atoms with Crippen LogP contribution in [-0.4, -0.2) is 33.9 Å². The number of hydrogen-bond donors (Lipinski definition) is 2. The van der Waals surface area contributed by atoms with Crippen molar-refractivity contribution < 1.29 is 4.79 Å². The van der Waals surface area contributed by atoms with Gasteiger partial charge in [0.05, 0.1) is 16.8 Å². The number of aryl methyl sites for hydroxylation is 1. The molecule has 0 aliphatic heterocycles. The van der Waals surface area contributed by atoms with E-state index in [2.05, 4.69) is 31.7 Å². The standard InChI is InChI=1S/C15H16N6O/c1-2-13-12(9-17-10-21-13)15(22)20-7-6-19-14-11(8-16)4-3-5-18-14/h3-5,9-10H,2,6-7H2,1H3,(H,18,19)(H,20,22). The van der Waals surface area contributed by atoms with Gasteiger partial charge in [-0.2, -0.15) is 5.26 Å². The first-order valence-corrected chi connectivity index (χ1v) is 6.92. The molecule has 2 rings (SSSR count). The number of hydrogen-bond acceptors (Lipinski definition) is 6. The molecule has 112 valence electrons. The van der Waals surface area contributed by atoms with Gasteiger partial charge in [0, 0.05) is 25.5 Å². The molecule has 22 heavy (non-hydrogen) atoms. The lowest BCUT2D eigenvalue weighted by Crippen LogP contribution is -2.30. The van der Waals surface area contributed by atoms with Crippen molar-refractivity contribution in [3.8, 4) is 6.07 Å². The zero-order valence-corrected chi connectivity index (χ0v) is 12.2. The Hall–Kier alpha value is -3.01. The molecule has 0 unspecified atom stereocenters. The Bertz CT molecular complexity index is 694. The Morgan fingerprint density at radius 1 is 1.36 bits per heavy atom. The maximum atomic E-state index is 12.1. The first kappa shape index (κ1) is 15.4. The minimum absolute atomic E-state index is 0.208. The molecule has 7 nitrogen and oxygen atoms in total. The predicted molar refractivity (Wildman–Crippen MR) is 81.2 cm³/mol. The number of rotatable bonds is 6. The summed E-state index contributed by atoms with van der Waals surface area (Å²) in [6.07, 6.45) is 5.22. The molecule has 0 saturated heterocycles. The highest BCUT2D eigenvalue weighted by Crippen LogP contribution is 2.08. The maximum Gasteiger partial charge on any atom is 0.254 e. The van der Waals surface area contributed by atoms with Crippen molar-refractivity contribution in [3.05, 3.63) is 47.7 Å². The number of nitrogens with one attached hydrogen (secondary N) is 2. The van der Waals surface area contributed by atoms with E-state index in [-0.39, 0.29) is 5.91 Å². The van der Waals surface area contributed by atoms with Gasteiger partial charge in [0.2, 0.25) is 0 Å². The van der Waals surface area contributed by atoms with Crippen LogP contribution in [0.3, 0.4) is 0 Å². The number of nitriles is 1. The third-order valence-corrected chi connectivity index (χ3v) is 3.01. The normalized spacial score (nSPS) is 9.82. The molecule has 0 radical (unpaired) electrons. The highest BCUT2D eigenvalue weighted by molar-refractivity contribution is 5.94. The van der Waals surface area contributed by atoms with E-state index in [1.165, 1.54) is 12.5 Å². The van der Waals surface area contributed by atoms with Crippen LogP contribution in [0.4, 0.5) is 5.82 Å². The third kappa shape index (κ3) is 3.76. The Kier molecular flexibility index (Phi) is 5.37. The number of aromatic nitrogens is 3. The van der Waals surface area contributed by atoms with Gasteiger partial charge < -0.3 is 10.6 Å². The van der Waals surface area contributed by atoms with Gasteiger partial charge in [-0.3, -0.25) is 4.79 Å². The van der Waals surface area contributed by atoms with E-state index in [9.17, 15) is 4.79 Å². The van der Waals surface area contributed by atoms with Crippen molar-refractivity contribution in [3.63, 3.8) is 0 Å². The summed E-state index contributed by atoms with van der Waals surface area (Å²) in [6.45, 7) is 2.80. The van der Waals surface area contributed by atoms with Crippen molar-refractivity contribution in [2.45, 2.75) is 13.3 Å². The van der Waals surface area contributed by atoms with Crippen LogP contribution in [0, 0.1) is 11.3 Å². The molecule has 7 heteroatoms. The quantitative estimate of drug-likeness (QED) is 0.775. The van der Waals surface area contributed by atoms with Gasteiger partial charge in [0.15, 0.2) is 0 Å². The van der Waals surface area contributed by atoms with Crippen LogP contribution >= 0.6 is 0 Å². The molecular formula is C15H16N6O. The molecule has 0 aliphatic carbocycles. The summed E-state index contributed by atoms with van der Waals surface area (Å²) in [5, 5.41) is 14.8. The van der Waals surface area contributed by atoms with E-state index < -0.39 is 0 Å². The number of carbonyl (C=O) groups excluding carboxylic acids is 1. The fourth-order valence-corrected chi connectivity index (χ4v) is 1.91. The molecule has 2 N–H and O–H groups in total. The van der Waals surface area contributed by atoms with E-state index in [4.69, 9.17) is 5.26 Å². The molecule has 0 fully saturated rings. The molecule has 0 aliphatic rings. The first-order valence-electron chi connectivity index (χ1n) is 6.92. The van der Waals surface area contributed by atoms with Crippen LogP contribution in [0.25, 0.3) is 0 Å². The Morgan fingerprint density at radius 2 is 2.23 bits per heavy atom. The fraction of sp³-hybridized carbons (Fsp3) is 0.267. The number of carbonyl (C=O) groups is 1. The van der Waals surface area contributed by atoms with Crippen LogP contribution in [-0.2, 0) is 6.42 Å². The first-order chi connectivity index (χ1) is 10.8. The second kappa shape index (κ2) is 7.69. The highest BCUT2D eigenvalue weighted by Gasteiger charge is 2.10. The molecule has 0 saturated carbocycles.